The largest absolute Gasteiger partial charge is 0.550 e. The summed E-state index contributed by atoms with van der Waals surface area (Å²) in [5.41, 5.74) is 1.41. The van der Waals surface area contributed by atoms with Crippen LogP contribution in [0, 0.1) is 0 Å². The second kappa shape index (κ2) is 3.32. The zero-order chi connectivity index (χ0) is 8.27. The number of carbonyl (C=O) groups is 2. The molecule has 0 aromatic carbocycles. The molecule has 0 aromatic rings. The van der Waals surface area contributed by atoms with Gasteiger partial charge in [-0.15, -0.1) is 0 Å². The second-order valence-corrected chi connectivity index (χ2v) is 2.65. The topological polar surface area (TPSA) is 57.2 Å². The molecule has 0 aromatic heterocycles. The molecule has 3 heteroatoms. The van der Waals surface area contributed by atoms with E-state index < -0.39 is 5.97 Å². The number of carbonyl (C=O) groups excluding carboxylic acids is 2. The zero-order valence-electron chi connectivity index (χ0n) is 6.13. The first-order valence-corrected chi connectivity index (χ1v) is 3.60. The Bertz CT molecular complexity index is 215. The molecule has 0 N–H and O–H groups in total. The molecule has 0 aliphatic heterocycles. The van der Waals surface area contributed by atoms with E-state index >= 15 is 0 Å². The summed E-state index contributed by atoms with van der Waals surface area (Å²) in [4.78, 5) is 20.5. The normalized spacial score (nSPS) is 17.1. The molecule has 11 heavy (non-hydrogen) atoms. The van der Waals surface area contributed by atoms with Gasteiger partial charge < -0.3 is 9.90 Å². The van der Waals surface area contributed by atoms with Gasteiger partial charge in [-0.1, -0.05) is 5.57 Å². The van der Waals surface area contributed by atoms with E-state index in [0.717, 1.165) is 31.1 Å². The van der Waals surface area contributed by atoms with E-state index in [4.69, 9.17) is 0 Å². The van der Waals surface area contributed by atoms with Gasteiger partial charge in [-0.2, -0.15) is 0 Å². The van der Waals surface area contributed by atoms with Gasteiger partial charge in [0.05, 0.1) is 0 Å². The molecule has 0 fully saturated rings. The Morgan fingerprint density at radius 2 is 2.27 bits per heavy atom. The van der Waals surface area contributed by atoms with Gasteiger partial charge in [-0.05, 0) is 24.8 Å². The molecular formula is C8H9O3-. The Hall–Kier alpha value is -1.12. The highest BCUT2D eigenvalue weighted by Crippen LogP contribution is 2.26. The van der Waals surface area contributed by atoms with Crippen LogP contribution in [0.5, 0.6) is 0 Å². The maximum Gasteiger partial charge on any atom is 0.145 e. The van der Waals surface area contributed by atoms with Crippen molar-refractivity contribution in [3.8, 4) is 0 Å². The van der Waals surface area contributed by atoms with Gasteiger partial charge in [0.25, 0.3) is 0 Å². The van der Waals surface area contributed by atoms with Gasteiger partial charge in [-0.3, -0.25) is 4.79 Å². The van der Waals surface area contributed by atoms with Gasteiger partial charge in [0.1, 0.15) is 6.29 Å². The lowest BCUT2D eigenvalue weighted by atomic mass is 10.1. The van der Waals surface area contributed by atoms with E-state index in [1.807, 2.05) is 0 Å². The number of rotatable bonds is 3. The number of allylic oxidation sites excluding steroid dienone is 1. The highest BCUT2D eigenvalue weighted by Gasteiger charge is 2.13. The molecule has 0 atom stereocenters. The van der Waals surface area contributed by atoms with Crippen LogP contribution in [-0.2, 0) is 9.59 Å². The van der Waals surface area contributed by atoms with Crippen molar-refractivity contribution in [3.63, 3.8) is 0 Å². The maximum absolute atomic E-state index is 10.3. The minimum absolute atomic E-state index is 0.0753. The van der Waals surface area contributed by atoms with E-state index in [0.29, 0.717) is 5.57 Å². The Balaban J connectivity index is 2.67. The lowest BCUT2D eigenvalue weighted by Gasteiger charge is -2.02. The lowest BCUT2D eigenvalue weighted by Crippen LogP contribution is -2.22. The third-order valence-corrected chi connectivity index (χ3v) is 1.88. The number of carboxylic acids is 1. The number of aldehydes is 1. The maximum atomic E-state index is 10.3. The molecule has 1 aliphatic carbocycles. The first-order valence-electron chi connectivity index (χ1n) is 3.60. The highest BCUT2D eigenvalue weighted by molar-refractivity contribution is 5.78. The minimum Gasteiger partial charge on any atom is -0.550 e. The van der Waals surface area contributed by atoms with Crippen molar-refractivity contribution in [1.29, 1.82) is 0 Å². The summed E-state index contributed by atoms with van der Waals surface area (Å²) < 4.78 is 0. The zero-order valence-corrected chi connectivity index (χ0v) is 6.13. The summed E-state index contributed by atoms with van der Waals surface area (Å²) in [6.07, 6.45) is 3.05. The van der Waals surface area contributed by atoms with Crippen LogP contribution in [0.15, 0.2) is 11.1 Å². The molecule has 0 radical (unpaired) electrons. The van der Waals surface area contributed by atoms with E-state index in [1.54, 1.807) is 0 Å². The van der Waals surface area contributed by atoms with Crippen LogP contribution in [0.1, 0.15) is 25.7 Å². The van der Waals surface area contributed by atoms with Crippen LogP contribution in [0.2, 0.25) is 0 Å². The molecule has 1 aliphatic rings. The average Bonchev–Trinajstić information content (AvgIpc) is 2.34. The monoisotopic (exact) mass is 153 g/mol. The van der Waals surface area contributed by atoms with E-state index in [9.17, 15) is 14.7 Å². The van der Waals surface area contributed by atoms with Crippen LogP contribution in [0.4, 0.5) is 0 Å². The third-order valence-electron chi connectivity index (χ3n) is 1.88. The van der Waals surface area contributed by atoms with Gasteiger partial charge in [0, 0.05) is 12.4 Å². The predicted molar refractivity (Wildman–Crippen MR) is 36.6 cm³/mol. The van der Waals surface area contributed by atoms with Crippen LogP contribution in [0.25, 0.3) is 0 Å². The Labute approximate surface area is 64.7 Å². The Kier molecular flexibility index (Phi) is 2.41. The van der Waals surface area contributed by atoms with Crippen LogP contribution in [0.3, 0.4) is 0 Å². The molecule has 1 rings (SSSR count). The van der Waals surface area contributed by atoms with Crippen molar-refractivity contribution in [3.05, 3.63) is 11.1 Å². The van der Waals surface area contributed by atoms with Gasteiger partial charge >= 0.3 is 0 Å². The summed E-state index contributed by atoms with van der Waals surface area (Å²) in [5.74, 6) is -1.10. The van der Waals surface area contributed by atoms with Crippen molar-refractivity contribution in [2.24, 2.45) is 0 Å². The van der Waals surface area contributed by atoms with E-state index in [1.165, 1.54) is 0 Å². The van der Waals surface area contributed by atoms with E-state index in [-0.39, 0.29) is 6.42 Å². The Morgan fingerprint density at radius 1 is 1.55 bits per heavy atom. The minimum atomic E-state index is -1.10. The molecule has 0 spiro atoms. The average molecular weight is 153 g/mol. The highest BCUT2D eigenvalue weighted by atomic mass is 16.4. The van der Waals surface area contributed by atoms with Crippen molar-refractivity contribution < 1.29 is 14.7 Å². The van der Waals surface area contributed by atoms with Crippen molar-refractivity contribution >= 4 is 12.3 Å². The van der Waals surface area contributed by atoms with Crippen molar-refractivity contribution in [1.82, 2.24) is 0 Å². The molecule has 0 amide bonds. The molecular weight excluding hydrogens is 144 g/mol. The summed E-state index contributed by atoms with van der Waals surface area (Å²) in [5, 5.41) is 10.2. The van der Waals surface area contributed by atoms with Crippen LogP contribution in [-0.4, -0.2) is 12.3 Å². The fourth-order valence-corrected chi connectivity index (χ4v) is 1.35. The summed E-state index contributed by atoms with van der Waals surface area (Å²) in [6.45, 7) is 0. The fraction of sp³-hybridized carbons (Fsp3) is 0.500. The molecule has 3 nitrogen and oxygen atoms in total. The first kappa shape index (κ1) is 7.98. The third kappa shape index (κ3) is 1.90. The second-order valence-electron chi connectivity index (χ2n) is 2.65. The predicted octanol–water partition coefficient (Wildman–Crippen LogP) is -0.194. The Morgan fingerprint density at radius 3 is 2.82 bits per heavy atom. The number of aliphatic carboxylic acids is 1. The van der Waals surface area contributed by atoms with Crippen molar-refractivity contribution in [2.75, 3.05) is 0 Å². The molecule has 0 saturated heterocycles. The summed E-state index contributed by atoms with van der Waals surface area (Å²) in [7, 11) is 0. The fourth-order valence-electron chi connectivity index (χ4n) is 1.35. The SMILES string of the molecule is O=CC1=C(CC(=O)[O-])CCC1. The van der Waals surface area contributed by atoms with Gasteiger partial charge in [0.2, 0.25) is 0 Å². The van der Waals surface area contributed by atoms with Gasteiger partial charge in [0.15, 0.2) is 0 Å². The summed E-state index contributed by atoms with van der Waals surface area (Å²) in [6, 6.07) is 0. The molecule has 60 valence electrons. The van der Waals surface area contributed by atoms with Crippen LogP contribution >= 0.6 is 0 Å². The first-order chi connectivity index (χ1) is 5.24. The number of carboxylic acid groups (broad SMARTS) is 1. The summed E-state index contributed by atoms with van der Waals surface area (Å²) >= 11 is 0. The standard InChI is InChI=1S/C8H10O3/c9-5-7-3-1-2-6(7)4-8(10)11/h5H,1-4H2,(H,10,11)/p-1. The van der Waals surface area contributed by atoms with Crippen molar-refractivity contribution in [2.45, 2.75) is 25.7 Å². The number of hydrogen-bond donors (Lipinski definition) is 0. The van der Waals surface area contributed by atoms with Gasteiger partial charge in [-0.25, -0.2) is 0 Å². The quantitative estimate of drug-likeness (QED) is 0.528. The molecule has 0 bridgehead atoms. The lowest BCUT2D eigenvalue weighted by molar-refractivity contribution is -0.304. The smallest absolute Gasteiger partial charge is 0.145 e. The van der Waals surface area contributed by atoms with E-state index in [2.05, 4.69) is 0 Å². The molecule has 0 saturated carbocycles. The molecule has 0 unspecified atom stereocenters. The van der Waals surface area contributed by atoms with Crippen LogP contribution < -0.4 is 5.11 Å². The number of hydrogen-bond acceptors (Lipinski definition) is 3. The molecule has 0 heterocycles.